The number of rotatable bonds is 4. The number of benzene rings is 2. The Morgan fingerprint density at radius 2 is 1.81 bits per heavy atom. The number of nitrogens with one attached hydrogen (secondary N) is 1. The van der Waals surface area contributed by atoms with E-state index in [0.29, 0.717) is 0 Å². The van der Waals surface area contributed by atoms with Crippen molar-refractivity contribution >= 4 is 41.0 Å². The minimum absolute atomic E-state index is 0.00647. The van der Waals surface area contributed by atoms with Gasteiger partial charge in [0, 0.05) is 11.1 Å². The van der Waals surface area contributed by atoms with Gasteiger partial charge in [0.05, 0.1) is 17.2 Å². The molecule has 0 radical (unpaired) electrons. The topological polar surface area (TPSA) is 81.4 Å². The molecule has 1 amide bonds. The van der Waals surface area contributed by atoms with E-state index in [2.05, 4.69) is 10.5 Å². The average Bonchev–Trinajstić information content (AvgIpc) is 3.04. The van der Waals surface area contributed by atoms with E-state index < -0.39 is 17.7 Å². The quantitative estimate of drug-likeness (QED) is 0.625. The van der Waals surface area contributed by atoms with Crippen LogP contribution in [0.15, 0.2) is 47.0 Å². The first-order chi connectivity index (χ1) is 12.9. The third-order valence-corrected chi connectivity index (χ3v) is 4.22. The van der Waals surface area contributed by atoms with Crippen molar-refractivity contribution in [3.05, 3.63) is 69.5 Å². The molecule has 0 fully saturated rings. The van der Waals surface area contributed by atoms with Crippen LogP contribution < -0.4 is 5.32 Å². The van der Waals surface area contributed by atoms with Gasteiger partial charge in [-0.25, -0.2) is 9.18 Å². The third-order valence-electron chi connectivity index (χ3n) is 3.60. The maximum atomic E-state index is 13.3. The predicted octanol–water partition coefficient (Wildman–Crippen LogP) is 4.83. The summed E-state index contributed by atoms with van der Waals surface area (Å²) >= 11 is 12.3. The molecular formula is C18H11Cl2FN2O4. The van der Waals surface area contributed by atoms with E-state index in [-0.39, 0.29) is 38.3 Å². The van der Waals surface area contributed by atoms with E-state index in [1.54, 1.807) is 18.2 Å². The van der Waals surface area contributed by atoms with E-state index in [1.165, 1.54) is 18.2 Å². The van der Waals surface area contributed by atoms with Gasteiger partial charge in [0.25, 0.3) is 5.91 Å². The Kier molecular flexibility index (Phi) is 5.43. The molecule has 2 aromatic carbocycles. The van der Waals surface area contributed by atoms with Gasteiger partial charge in [0.1, 0.15) is 11.5 Å². The van der Waals surface area contributed by atoms with Crippen molar-refractivity contribution in [1.29, 1.82) is 0 Å². The minimum Gasteiger partial charge on any atom is -0.465 e. The summed E-state index contributed by atoms with van der Waals surface area (Å²) in [5.74, 6) is -2.39. The lowest BCUT2D eigenvalue weighted by Crippen LogP contribution is -2.14. The highest BCUT2D eigenvalue weighted by molar-refractivity contribution is 6.39. The van der Waals surface area contributed by atoms with Gasteiger partial charge in [0.2, 0.25) is 5.88 Å². The molecule has 0 saturated carbocycles. The second-order valence-electron chi connectivity index (χ2n) is 5.29. The highest BCUT2D eigenvalue weighted by atomic mass is 35.5. The molecule has 0 aliphatic rings. The molecule has 6 nitrogen and oxygen atoms in total. The lowest BCUT2D eigenvalue weighted by molar-refractivity contribution is 0.0602. The van der Waals surface area contributed by atoms with Crippen LogP contribution in [0, 0.1) is 5.82 Å². The molecule has 0 saturated heterocycles. The van der Waals surface area contributed by atoms with Gasteiger partial charge in [-0.1, -0.05) is 40.5 Å². The molecule has 9 heteroatoms. The van der Waals surface area contributed by atoms with Crippen molar-refractivity contribution < 1.29 is 23.2 Å². The summed E-state index contributed by atoms with van der Waals surface area (Å²) in [7, 11) is 1.16. The zero-order chi connectivity index (χ0) is 19.6. The van der Waals surface area contributed by atoms with E-state index in [9.17, 15) is 14.0 Å². The first kappa shape index (κ1) is 18.9. The molecule has 1 N–H and O–H groups in total. The van der Waals surface area contributed by atoms with E-state index in [1.807, 2.05) is 0 Å². The zero-order valence-electron chi connectivity index (χ0n) is 13.8. The lowest BCUT2D eigenvalue weighted by atomic mass is 10.1. The molecule has 1 aromatic heterocycles. The zero-order valence-corrected chi connectivity index (χ0v) is 15.3. The molecule has 1 heterocycles. The Balaban J connectivity index is 2.06. The summed E-state index contributed by atoms with van der Waals surface area (Å²) in [6.45, 7) is 0. The monoisotopic (exact) mass is 408 g/mol. The fourth-order valence-electron chi connectivity index (χ4n) is 2.37. The van der Waals surface area contributed by atoms with E-state index >= 15 is 0 Å². The SMILES string of the molecule is COC(=O)c1c(-c2c(Cl)cccc2Cl)noc1NC(=O)c1cccc(F)c1. The van der Waals surface area contributed by atoms with Crippen LogP contribution in [-0.2, 0) is 4.74 Å². The van der Waals surface area contributed by atoms with Crippen molar-refractivity contribution in [3.8, 4) is 11.3 Å². The molecule has 0 aliphatic carbocycles. The van der Waals surface area contributed by atoms with Gasteiger partial charge in [-0.2, -0.15) is 0 Å². The number of esters is 1. The number of hydrogen-bond donors (Lipinski definition) is 1. The molecule has 3 rings (SSSR count). The Morgan fingerprint density at radius 3 is 2.44 bits per heavy atom. The highest BCUT2D eigenvalue weighted by Gasteiger charge is 2.28. The summed E-state index contributed by atoms with van der Waals surface area (Å²) < 4.78 is 23.2. The summed E-state index contributed by atoms with van der Waals surface area (Å²) in [4.78, 5) is 24.6. The molecule has 0 bridgehead atoms. The van der Waals surface area contributed by atoms with Crippen molar-refractivity contribution in [2.75, 3.05) is 12.4 Å². The smallest absolute Gasteiger partial charge is 0.345 e. The normalized spacial score (nSPS) is 10.5. The number of carbonyl (C=O) groups is 2. The number of amides is 1. The molecular weight excluding hydrogens is 398 g/mol. The molecule has 0 atom stereocenters. The minimum atomic E-state index is -0.822. The molecule has 27 heavy (non-hydrogen) atoms. The van der Waals surface area contributed by atoms with Crippen LogP contribution in [-0.4, -0.2) is 24.1 Å². The standard InChI is InChI=1S/C18H11Cl2FN2O4/c1-26-18(25)14-15(13-11(19)6-3-7-12(13)20)23-27-17(14)22-16(24)9-4-2-5-10(21)8-9/h2-8H,1H3,(H,22,24). The second kappa shape index (κ2) is 7.77. The van der Waals surface area contributed by atoms with Gasteiger partial charge < -0.3 is 9.26 Å². The van der Waals surface area contributed by atoms with Crippen molar-refractivity contribution in [2.24, 2.45) is 0 Å². The van der Waals surface area contributed by atoms with Gasteiger partial charge in [-0.05, 0) is 30.3 Å². The first-order valence-corrected chi connectivity index (χ1v) is 8.27. The summed E-state index contributed by atoms with van der Waals surface area (Å²) in [6, 6.07) is 9.75. The highest BCUT2D eigenvalue weighted by Crippen LogP contribution is 2.38. The Hall–Kier alpha value is -2.90. The van der Waals surface area contributed by atoms with E-state index in [4.69, 9.17) is 32.5 Å². The fourth-order valence-corrected chi connectivity index (χ4v) is 2.94. The maximum absolute atomic E-state index is 13.3. The number of halogens is 3. The van der Waals surface area contributed by atoms with Crippen molar-refractivity contribution in [2.45, 2.75) is 0 Å². The van der Waals surface area contributed by atoms with Gasteiger partial charge >= 0.3 is 5.97 Å². The predicted molar refractivity (Wildman–Crippen MR) is 97.7 cm³/mol. The van der Waals surface area contributed by atoms with Crippen LogP contribution in [0.3, 0.4) is 0 Å². The Bertz CT molecular complexity index is 1020. The maximum Gasteiger partial charge on any atom is 0.345 e. The van der Waals surface area contributed by atoms with Crippen LogP contribution in [0.25, 0.3) is 11.3 Å². The third kappa shape index (κ3) is 3.79. The summed E-state index contributed by atoms with van der Waals surface area (Å²) in [6.07, 6.45) is 0. The van der Waals surface area contributed by atoms with Crippen molar-refractivity contribution in [1.82, 2.24) is 5.16 Å². The molecule has 138 valence electrons. The largest absolute Gasteiger partial charge is 0.465 e. The van der Waals surface area contributed by atoms with Crippen LogP contribution in [0.4, 0.5) is 10.3 Å². The number of hydrogen-bond acceptors (Lipinski definition) is 5. The molecule has 0 spiro atoms. The number of aromatic nitrogens is 1. The summed E-state index contributed by atoms with van der Waals surface area (Å²) in [5.41, 5.74) is 0.111. The van der Waals surface area contributed by atoms with Crippen LogP contribution in [0.2, 0.25) is 10.0 Å². The number of nitrogens with zero attached hydrogens (tertiary/aromatic N) is 1. The second-order valence-corrected chi connectivity index (χ2v) is 6.10. The molecule has 0 aliphatic heterocycles. The van der Waals surface area contributed by atoms with E-state index in [0.717, 1.165) is 13.2 Å². The molecule has 0 unspecified atom stereocenters. The number of ether oxygens (including phenoxy) is 1. The number of methoxy groups -OCH3 is 1. The average molecular weight is 409 g/mol. The van der Waals surface area contributed by atoms with Crippen LogP contribution in [0.5, 0.6) is 0 Å². The lowest BCUT2D eigenvalue weighted by Gasteiger charge is -2.07. The number of anilines is 1. The van der Waals surface area contributed by atoms with Crippen LogP contribution in [0.1, 0.15) is 20.7 Å². The molecule has 3 aromatic rings. The van der Waals surface area contributed by atoms with Gasteiger partial charge in [-0.15, -0.1) is 0 Å². The summed E-state index contributed by atoms with van der Waals surface area (Å²) in [5, 5.41) is 6.64. The van der Waals surface area contributed by atoms with Gasteiger partial charge in [-0.3, -0.25) is 10.1 Å². The first-order valence-electron chi connectivity index (χ1n) is 7.51. The Labute approximate surface area is 162 Å². The van der Waals surface area contributed by atoms with Crippen LogP contribution >= 0.6 is 23.2 Å². The van der Waals surface area contributed by atoms with Crippen molar-refractivity contribution in [3.63, 3.8) is 0 Å². The van der Waals surface area contributed by atoms with Gasteiger partial charge in [0.15, 0.2) is 5.56 Å². The number of carbonyl (C=O) groups excluding carboxylic acids is 2. The fraction of sp³-hybridized carbons (Fsp3) is 0.0556. The Morgan fingerprint density at radius 1 is 1.15 bits per heavy atom.